The number of hydrogen-bond acceptors (Lipinski definition) is 3. The summed E-state index contributed by atoms with van der Waals surface area (Å²) < 4.78 is 4.90. The third-order valence-electron chi connectivity index (χ3n) is 2.08. The molecule has 94 valence electrons. The molecule has 0 radical (unpaired) electrons. The second kappa shape index (κ2) is 9.63. The van der Waals surface area contributed by atoms with Gasteiger partial charge in [0.05, 0.1) is 6.61 Å². The Labute approximate surface area is 105 Å². The van der Waals surface area contributed by atoms with Crippen molar-refractivity contribution < 1.29 is 14.3 Å². The number of hydrogen-bond donors (Lipinski definition) is 1. The Morgan fingerprint density at radius 3 is 2.50 bits per heavy atom. The van der Waals surface area contributed by atoms with E-state index in [0.717, 1.165) is 24.6 Å². The Balaban J connectivity index is 3.99. The van der Waals surface area contributed by atoms with Gasteiger partial charge in [0.2, 0.25) is 5.91 Å². The topological polar surface area (TPSA) is 55.4 Å². The molecule has 0 aromatic heterocycles. The van der Waals surface area contributed by atoms with Crippen molar-refractivity contribution in [3.05, 3.63) is 0 Å². The van der Waals surface area contributed by atoms with Crippen molar-refractivity contribution in [2.45, 2.75) is 45.6 Å². The number of halogens is 1. The van der Waals surface area contributed by atoms with Crippen LogP contribution in [0.3, 0.4) is 0 Å². The van der Waals surface area contributed by atoms with Crippen LogP contribution in [0.4, 0.5) is 0 Å². The minimum Gasteiger partial charge on any atom is -0.464 e. The van der Waals surface area contributed by atoms with Gasteiger partial charge in [-0.3, -0.25) is 4.79 Å². The molecule has 16 heavy (non-hydrogen) atoms. The van der Waals surface area contributed by atoms with Gasteiger partial charge in [0.1, 0.15) is 6.04 Å². The van der Waals surface area contributed by atoms with E-state index in [0.29, 0.717) is 13.0 Å². The van der Waals surface area contributed by atoms with Gasteiger partial charge in [-0.25, -0.2) is 4.79 Å². The van der Waals surface area contributed by atoms with Crippen LogP contribution in [0.25, 0.3) is 0 Å². The maximum absolute atomic E-state index is 11.5. The summed E-state index contributed by atoms with van der Waals surface area (Å²) in [7, 11) is 0. The second-order valence-electron chi connectivity index (χ2n) is 3.54. The van der Waals surface area contributed by atoms with Crippen LogP contribution in [0.15, 0.2) is 0 Å². The maximum atomic E-state index is 11.5. The van der Waals surface area contributed by atoms with E-state index in [9.17, 15) is 9.59 Å². The van der Waals surface area contributed by atoms with Gasteiger partial charge >= 0.3 is 5.97 Å². The molecule has 0 aliphatic carbocycles. The quantitative estimate of drug-likeness (QED) is 0.423. The summed E-state index contributed by atoms with van der Waals surface area (Å²) in [6.07, 6.45) is 3.68. The van der Waals surface area contributed by atoms with Crippen molar-refractivity contribution in [2.75, 3.05) is 11.9 Å². The molecule has 1 amide bonds. The third kappa shape index (κ3) is 7.68. The maximum Gasteiger partial charge on any atom is 0.328 e. The van der Waals surface area contributed by atoms with E-state index in [4.69, 9.17) is 4.74 Å². The summed E-state index contributed by atoms with van der Waals surface area (Å²) >= 11 is 3.35. The van der Waals surface area contributed by atoms with E-state index in [1.807, 2.05) is 0 Å². The Kier molecular flexibility index (Phi) is 9.28. The predicted octanol–water partition coefficient (Wildman–Crippen LogP) is 2.01. The molecule has 0 aliphatic heterocycles. The molecule has 5 heteroatoms. The smallest absolute Gasteiger partial charge is 0.328 e. The Hall–Kier alpha value is -0.580. The van der Waals surface area contributed by atoms with E-state index in [1.165, 1.54) is 6.92 Å². The van der Waals surface area contributed by atoms with Crippen LogP contribution in [0.2, 0.25) is 0 Å². The SMILES string of the molecule is CCOC(=O)C(CCCCCBr)NC(C)=O. The molecule has 0 heterocycles. The first kappa shape index (κ1) is 15.4. The summed E-state index contributed by atoms with van der Waals surface area (Å²) in [4.78, 5) is 22.4. The molecule has 0 rings (SSSR count). The zero-order chi connectivity index (χ0) is 12.4. The molecule has 4 nitrogen and oxygen atoms in total. The standard InChI is InChI=1S/C11H20BrNO3/c1-3-16-11(15)10(13-9(2)14)7-5-4-6-8-12/h10H,3-8H2,1-2H3,(H,13,14). The van der Waals surface area contributed by atoms with Gasteiger partial charge in [-0.15, -0.1) is 0 Å². The minimum atomic E-state index is -0.493. The van der Waals surface area contributed by atoms with Crippen LogP contribution in [-0.2, 0) is 14.3 Å². The number of alkyl halides is 1. The van der Waals surface area contributed by atoms with Crippen LogP contribution >= 0.6 is 15.9 Å². The lowest BCUT2D eigenvalue weighted by Crippen LogP contribution is -2.40. The number of amides is 1. The van der Waals surface area contributed by atoms with Gasteiger partial charge in [0, 0.05) is 12.3 Å². The Morgan fingerprint density at radius 1 is 1.31 bits per heavy atom. The fourth-order valence-electron chi connectivity index (χ4n) is 1.36. The lowest BCUT2D eigenvalue weighted by Gasteiger charge is -2.15. The van der Waals surface area contributed by atoms with Crippen molar-refractivity contribution in [1.82, 2.24) is 5.32 Å². The average molecular weight is 294 g/mol. The summed E-state index contributed by atoms with van der Waals surface area (Å²) in [5, 5.41) is 3.59. The number of carbonyl (C=O) groups excluding carboxylic acids is 2. The van der Waals surface area contributed by atoms with Crippen molar-refractivity contribution in [2.24, 2.45) is 0 Å². The van der Waals surface area contributed by atoms with Crippen molar-refractivity contribution in [1.29, 1.82) is 0 Å². The Morgan fingerprint density at radius 2 is 2.00 bits per heavy atom. The van der Waals surface area contributed by atoms with Crippen LogP contribution in [0.5, 0.6) is 0 Å². The van der Waals surface area contributed by atoms with E-state index >= 15 is 0 Å². The number of ether oxygens (including phenoxy) is 1. The van der Waals surface area contributed by atoms with Crippen LogP contribution in [0.1, 0.15) is 39.5 Å². The molecule has 1 unspecified atom stereocenters. The molecule has 1 N–H and O–H groups in total. The lowest BCUT2D eigenvalue weighted by atomic mass is 10.1. The molecule has 0 saturated carbocycles. The molecule has 0 bridgehead atoms. The zero-order valence-corrected chi connectivity index (χ0v) is 11.5. The highest BCUT2D eigenvalue weighted by atomic mass is 79.9. The minimum absolute atomic E-state index is 0.196. The fourth-order valence-corrected chi connectivity index (χ4v) is 1.75. The lowest BCUT2D eigenvalue weighted by molar-refractivity contribution is -0.147. The summed E-state index contributed by atoms with van der Waals surface area (Å²) in [5.41, 5.74) is 0. The number of unbranched alkanes of at least 4 members (excludes halogenated alkanes) is 2. The molecule has 1 atom stereocenters. The highest BCUT2D eigenvalue weighted by Gasteiger charge is 2.19. The van der Waals surface area contributed by atoms with Gasteiger partial charge < -0.3 is 10.1 Å². The summed E-state index contributed by atoms with van der Waals surface area (Å²) in [6.45, 7) is 3.51. The second-order valence-corrected chi connectivity index (χ2v) is 4.34. The van der Waals surface area contributed by atoms with Crippen LogP contribution < -0.4 is 5.32 Å². The third-order valence-corrected chi connectivity index (χ3v) is 2.64. The summed E-state index contributed by atoms with van der Waals surface area (Å²) in [5.74, 6) is -0.532. The Bertz CT molecular complexity index is 221. The van der Waals surface area contributed by atoms with Gasteiger partial charge in [-0.2, -0.15) is 0 Å². The first-order chi connectivity index (χ1) is 7.61. The normalized spacial score (nSPS) is 11.9. The van der Waals surface area contributed by atoms with Crippen LogP contribution in [0, 0.1) is 0 Å². The highest BCUT2D eigenvalue weighted by Crippen LogP contribution is 2.06. The number of rotatable bonds is 8. The van der Waals surface area contributed by atoms with Crippen molar-refractivity contribution in [3.63, 3.8) is 0 Å². The van der Waals surface area contributed by atoms with Gasteiger partial charge in [-0.1, -0.05) is 28.8 Å². The molecular formula is C11H20BrNO3. The van der Waals surface area contributed by atoms with E-state index in [-0.39, 0.29) is 11.9 Å². The summed E-state index contributed by atoms with van der Waals surface area (Å²) in [6, 6.07) is -0.493. The molecular weight excluding hydrogens is 274 g/mol. The molecule has 0 aromatic rings. The predicted molar refractivity (Wildman–Crippen MR) is 66.5 cm³/mol. The highest BCUT2D eigenvalue weighted by molar-refractivity contribution is 9.09. The molecule has 0 aliphatic rings. The fraction of sp³-hybridized carbons (Fsp3) is 0.818. The average Bonchev–Trinajstić information content (AvgIpc) is 2.22. The monoisotopic (exact) mass is 293 g/mol. The molecule has 0 fully saturated rings. The number of carbonyl (C=O) groups is 2. The van der Waals surface area contributed by atoms with Crippen LogP contribution in [-0.4, -0.2) is 29.9 Å². The molecule has 0 spiro atoms. The largest absolute Gasteiger partial charge is 0.464 e. The first-order valence-corrected chi connectivity index (χ1v) is 6.73. The van der Waals surface area contributed by atoms with Gasteiger partial charge in [0.15, 0.2) is 0 Å². The number of nitrogens with one attached hydrogen (secondary N) is 1. The van der Waals surface area contributed by atoms with E-state index < -0.39 is 6.04 Å². The van der Waals surface area contributed by atoms with E-state index in [2.05, 4.69) is 21.2 Å². The first-order valence-electron chi connectivity index (χ1n) is 5.61. The number of esters is 1. The molecule has 0 aromatic carbocycles. The zero-order valence-electron chi connectivity index (χ0n) is 9.92. The van der Waals surface area contributed by atoms with Gasteiger partial charge in [0.25, 0.3) is 0 Å². The van der Waals surface area contributed by atoms with E-state index in [1.54, 1.807) is 6.92 Å². The molecule has 0 saturated heterocycles. The van der Waals surface area contributed by atoms with Gasteiger partial charge in [-0.05, 0) is 19.8 Å². The van der Waals surface area contributed by atoms with Crippen molar-refractivity contribution >= 4 is 27.8 Å². The van der Waals surface area contributed by atoms with Crippen molar-refractivity contribution in [3.8, 4) is 0 Å².